The van der Waals surface area contributed by atoms with E-state index in [-0.39, 0.29) is 6.54 Å². The third kappa shape index (κ3) is 4.50. The Labute approximate surface area is 149 Å². The molecular weight excluding hydrogens is 334 g/mol. The Morgan fingerprint density at radius 3 is 2.50 bits per heavy atom. The van der Waals surface area contributed by atoms with Crippen LogP contribution in [0.4, 0.5) is 5.69 Å². The molecule has 1 heterocycles. The van der Waals surface area contributed by atoms with Crippen molar-refractivity contribution in [2.45, 2.75) is 19.6 Å². The predicted octanol–water partition coefficient (Wildman–Crippen LogP) is 1.90. The number of benzene rings is 2. The van der Waals surface area contributed by atoms with Crippen LogP contribution in [0.15, 0.2) is 60.9 Å². The van der Waals surface area contributed by atoms with E-state index in [1.54, 1.807) is 36.4 Å². The molecule has 0 spiro atoms. The number of nitrogens with one attached hydrogen (secondary N) is 1. The normalized spacial score (nSPS) is 11.6. The van der Waals surface area contributed by atoms with E-state index < -0.39 is 18.0 Å². The van der Waals surface area contributed by atoms with E-state index in [0.717, 1.165) is 5.56 Å². The fraction of sp³-hybridized carbons (Fsp3) is 0.167. The molecule has 1 amide bonds. The van der Waals surface area contributed by atoms with Crippen LogP contribution >= 0.6 is 0 Å². The number of ether oxygens (including phenoxy) is 1. The van der Waals surface area contributed by atoms with Crippen LogP contribution < -0.4 is 5.32 Å². The minimum absolute atomic E-state index is 0.186. The van der Waals surface area contributed by atoms with E-state index in [2.05, 4.69) is 20.8 Å². The Bertz CT molecular complexity index is 864. The molecule has 132 valence electrons. The molecule has 3 rings (SSSR count). The number of esters is 1. The second-order valence-electron chi connectivity index (χ2n) is 5.64. The van der Waals surface area contributed by atoms with Gasteiger partial charge in [-0.15, -0.1) is 5.10 Å². The number of aromatic nitrogens is 4. The third-order valence-corrected chi connectivity index (χ3v) is 3.59. The summed E-state index contributed by atoms with van der Waals surface area (Å²) in [6.07, 6.45) is 0.215. The van der Waals surface area contributed by atoms with E-state index >= 15 is 0 Å². The monoisotopic (exact) mass is 351 g/mol. The first-order valence-electron chi connectivity index (χ1n) is 7.94. The molecule has 1 atom stereocenters. The van der Waals surface area contributed by atoms with E-state index in [1.807, 2.05) is 25.1 Å². The van der Waals surface area contributed by atoms with Gasteiger partial charge in [0.25, 0.3) is 5.91 Å². The maximum absolute atomic E-state index is 12.7. The molecular formula is C18H17N5O3. The Morgan fingerprint density at radius 1 is 1.12 bits per heavy atom. The van der Waals surface area contributed by atoms with Crippen LogP contribution in [-0.4, -0.2) is 32.1 Å². The summed E-state index contributed by atoms with van der Waals surface area (Å²) in [6, 6.07) is 16.2. The number of carbonyl (C=O) groups is 2. The molecule has 0 saturated heterocycles. The van der Waals surface area contributed by atoms with Gasteiger partial charge in [0.15, 0.2) is 0 Å². The van der Waals surface area contributed by atoms with Crippen molar-refractivity contribution in [3.05, 3.63) is 72.1 Å². The number of rotatable bonds is 6. The molecule has 2 aromatic carbocycles. The number of carbonyl (C=O) groups excluding carboxylic acids is 2. The molecule has 0 unspecified atom stereocenters. The second kappa shape index (κ2) is 8.02. The highest BCUT2D eigenvalue weighted by atomic mass is 16.5. The van der Waals surface area contributed by atoms with Crippen LogP contribution in [0.2, 0.25) is 0 Å². The largest absolute Gasteiger partial charge is 0.446 e. The molecule has 8 heteroatoms. The van der Waals surface area contributed by atoms with Crippen LogP contribution in [0.3, 0.4) is 0 Å². The lowest BCUT2D eigenvalue weighted by atomic mass is 10.1. The summed E-state index contributed by atoms with van der Waals surface area (Å²) in [5, 5.41) is 13.3. The summed E-state index contributed by atoms with van der Waals surface area (Å²) < 4.78 is 6.62. The van der Waals surface area contributed by atoms with E-state index in [4.69, 9.17) is 4.74 Å². The minimum atomic E-state index is -1.08. The van der Waals surface area contributed by atoms with E-state index in [9.17, 15) is 9.59 Å². The lowest BCUT2D eigenvalue weighted by molar-refractivity contribution is -0.155. The molecule has 0 aliphatic rings. The summed E-state index contributed by atoms with van der Waals surface area (Å²) in [5.41, 5.74) is 2.27. The zero-order chi connectivity index (χ0) is 18.4. The first-order valence-corrected chi connectivity index (χ1v) is 7.94. The second-order valence-corrected chi connectivity index (χ2v) is 5.64. The van der Waals surface area contributed by atoms with Crippen molar-refractivity contribution in [2.24, 2.45) is 0 Å². The average molecular weight is 351 g/mol. The molecule has 0 radical (unpaired) electrons. The Kier molecular flexibility index (Phi) is 5.33. The van der Waals surface area contributed by atoms with Crippen LogP contribution in [-0.2, 0) is 20.9 Å². The van der Waals surface area contributed by atoms with Crippen molar-refractivity contribution < 1.29 is 14.3 Å². The fourth-order valence-corrected chi connectivity index (χ4v) is 2.30. The van der Waals surface area contributed by atoms with Gasteiger partial charge in [-0.2, -0.15) is 0 Å². The van der Waals surface area contributed by atoms with Crippen molar-refractivity contribution in [3.8, 4) is 0 Å². The number of tetrazole rings is 1. The van der Waals surface area contributed by atoms with Gasteiger partial charge in [-0.05, 0) is 29.5 Å². The van der Waals surface area contributed by atoms with E-state index in [0.29, 0.717) is 11.3 Å². The van der Waals surface area contributed by atoms with Crippen molar-refractivity contribution >= 4 is 17.6 Å². The van der Waals surface area contributed by atoms with Crippen LogP contribution in [0.25, 0.3) is 0 Å². The molecule has 0 fully saturated rings. The zero-order valence-corrected chi connectivity index (χ0v) is 14.1. The van der Waals surface area contributed by atoms with Crippen LogP contribution in [0.1, 0.15) is 17.2 Å². The molecule has 8 nitrogen and oxygen atoms in total. The van der Waals surface area contributed by atoms with Gasteiger partial charge in [0.1, 0.15) is 12.9 Å². The Morgan fingerprint density at radius 2 is 1.85 bits per heavy atom. The maximum Gasteiger partial charge on any atom is 0.329 e. The van der Waals surface area contributed by atoms with Crippen LogP contribution in [0, 0.1) is 6.92 Å². The number of hydrogen-bond donors (Lipinski definition) is 1. The first kappa shape index (κ1) is 17.3. The van der Waals surface area contributed by atoms with Gasteiger partial charge >= 0.3 is 5.97 Å². The highest BCUT2D eigenvalue weighted by Gasteiger charge is 2.25. The van der Waals surface area contributed by atoms with Gasteiger partial charge in [-0.3, -0.25) is 9.59 Å². The summed E-state index contributed by atoms with van der Waals surface area (Å²) in [5.74, 6) is -1.06. The third-order valence-electron chi connectivity index (χ3n) is 3.59. The molecule has 26 heavy (non-hydrogen) atoms. The fourth-order valence-electron chi connectivity index (χ4n) is 2.30. The lowest BCUT2D eigenvalue weighted by Gasteiger charge is -2.18. The summed E-state index contributed by atoms with van der Waals surface area (Å²) >= 11 is 0. The standard InChI is InChI=1S/C18H17N5O3/c1-13-7-9-15(10-8-13)20-18(25)17(14-5-3-2-4-6-14)26-16(24)11-23-12-19-21-22-23/h2-10,12,17H,11H2,1H3,(H,20,25)/t17-/m0/s1. The number of hydrogen-bond acceptors (Lipinski definition) is 6. The van der Waals surface area contributed by atoms with Crippen molar-refractivity contribution in [1.82, 2.24) is 20.2 Å². The predicted molar refractivity (Wildman–Crippen MR) is 92.9 cm³/mol. The molecule has 0 saturated carbocycles. The molecule has 0 aliphatic heterocycles. The van der Waals surface area contributed by atoms with Crippen molar-refractivity contribution in [1.29, 1.82) is 0 Å². The summed E-state index contributed by atoms with van der Waals surface area (Å²) in [4.78, 5) is 24.9. The maximum atomic E-state index is 12.7. The average Bonchev–Trinajstić information content (AvgIpc) is 3.15. The van der Waals surface area contributed by atoms with Gasteiger partial charge < -0.3 is 10.1 Å². The molecule has 0 aliphatic carbocycles. The molecule has 1 N–H and O–H groups in total. The number of aryl methyl sites for hydroxylation is 1. The summed E-state index contributed by atoms with van der Waals surface area (Å²) in [7, 11) is 0. The van der Waals surface area contributed by atoms with Crippen molar-refractivity contribution in [2.75, 3.05) is 5.32 Å². The Hall–Kier alpha value is -3.55. The highest BCUT2D eigenvalue weighted by molar-refractivity contribution is 5.96. The van der Waals surface area contributed by atoms with Gasteiger partial charge in [-0.1, -0.05) is 48.0 Å². The van der Waals surface area contributed by atoms with Crippen molar-refractivity contribution in [3.63, 3.8) is 0 Å². The van der Waals surface area contributed by atoms with Gasteiger partial charge in [-0.25, -0.2) is 4.68 Å². The topological polar surface area (TPSA) is 99.0 Å². The lowest BCUT2D eigenvalue weighted by Crippen LogP contribution is -2.27. The molecule has 1 aromatic heterocycles. The number of nitrogens with zero attached hydrogens (tertiary/aromatic N) is 4. The molecule has 3 aromatic rings. The number of amides is 1. The zero-order valence-electron chi connectivity index (χ0n) is 14.1. The highest BCUT2D eigenvalue weighted by Crippen LogP contribution is 2.20. The SMILES string of the molecule is Cc1ccc(NC(=O)[C@@H](OC(=O)Cn2cnnn2)c2ccccc2)cc1. The Balaban J connectivity index is 1.75. The van der Waals surface area contributed by atoms with Gasteiger partial charge in [0.2, 0.25) is 6.10 Å². The smallest absolute Gasteiger partial charge is 0.329 e. The molecule has 0 bridgehead atoms. The number of anilines is 1. The van der Waals surface area contributed by atoms with E-state index in [1.165, 1.54) is 11.0 Å². The van der Waals surface area contributed by atoms with Gasteiger partial charge in [0, 0.05) is 11.3 Å². The van der Waals surface area contributed by atoms with Gasteiger partial charge in [0.05, 0.1) is 0 Å². The quantitative estimate of drug-likeness (QED) is 0.681. The minimum Gasteiger partial charge on any atom is -0.446 e. The summed E-state index contributed by atoms with van der Waals surface area (Å²) in [6.45, 7) is 1.77. The van der Waals surface area contributed by atoms with Crippen LogP contribution in [0.5, 0.6) is 0 Å². The first-order chi connectivity index (χ1) is 12.6.